The molecule has 0 bridgehead atoms. The van der Waals surface area contributed by atoms with Crippen LogP contribution in [0.4, 0.5) is 0 Å². The molecule has 0 saturated carbocycles. The SMILES string of the molecule is C[N+](C)(C)C.C[N+](C)(C)CCO.C[N+](C)(CCO)CCO. The van der Waals surface area contributed by atoms with Crippen LogP contribution < -0.4 is 0 Å². The minimum absolute atomic E-state index is 0.188. The van der Waals surface area contributed by atoms with Crippen molar-refractivity contribution in [3.05, 3.63) is 0 Å². The van der Waals surface area contributed by atoms with Gasteiger partial charge in [-0.05, 0) is 0 Å². The van der Waals surface area contributed by atoms with Gasteiger partial charge in [-0.3, -0.25) is 0 Å². The van der Waals surface area contributed by atoms with Crippen molar-refractivity contribution in [1.29, 1.82) is 0 Å². The number of aliphatic hydroxyl groups is 3. The number of aliphatic hydroxyl groups excluding tert-OH is 3. The van der Waals surface area contributed by atoms with Crippen LogP contribution in [0, 0.1) is 0 Å². The number of quaternary nitrogens is 3. The van der Waals surface area contributed by atoms with Crippen molar-refractivity contribution < 1.29 is 28.8 Å². The first-order chi connectivity index (χ1) is 9.18. The lowest BCUT2D eigenvalue weighted by Gasteiger charge is -2.27. The molecule has 0 aromatic heterocycles. The molecule has 0 spiro atoms. The standard InChI is InChI=1S/C6H16NO2.C5H14NO.C4H12N/c1-7(2,3-5-8)4-6-9;1-6(2,3)4-5-7;1-5(2,3)4/h8-9H,3-6H2,1-2H3;7H,4-5H2,1-3H3;1-4H3/q3*+1. The van der Waals surface area contributed by atoms with Gasteiger partial charge < -0.3 is 28.8 Å². The molecule has 3 N–H and O–H groups in total. The predicted octanol–water partition coefficient (Wildman–Crippen LogP) is -0.945. The highest BCUT2D eigenvalue weighted by atomic mass is 16.3. The summed E-state index contributed by atoms with van der Waals surface area (Å²) >= 11 is 0. The molecule has 0 aromatic rings. The zero-order valence-corrected chi connectivity index (χ0v) is 15.9. The van der Waals surface area contributed by atoms with Crippen LogP contribution >= 0.6 is 0 Å². The number of hydrogen-bond acceptors (Lipinski definition) is 3. The topological polar surface area (TPSA) is 60.7 Å². The zero-order valence-electron chi connectivity index (χ0n) is 15.9. The van der Waals surface area contributed by atoms with Gasteiger partial charge in [-0.25, -0.2) is 0 Å². The van der Waals surface area contributed by atoms with Gasteiger partial charge in [0.25, 0.3) is 0 Å². The molecule has 0 rings (SSSR count). The van der Waals surface area contributed by atoms with E-state index in [1.165, 1.54) is 0 Å². The third-order valence-electron chi connectivity index (χ3n) is 2.18. The van der Waals surface area contributed by atoms with Crippen LogP contribution in [-0.4, -0.2) is 132 Å². The summed E-state index contributed by atoms with van der Waals surface area (Å²) < 4.78 is 2.53. The summed E-state index contributed by atoms with van der Waals surface area (Å²) in [6.45, 7) is 2.91. The van der Waals surface area contributed by atoms with Gasteiger partial charge in [-0.15, -0.1) is 0 Å². The van der Waals surface area contributed by atoms with E-state index in [0.717, 1.165) is 15.5 Å². The molecule has 0 aliphatic rings. The first kappa shape index (κ1) is 25.7. The average molecular weight is 313 g/mol. The molecule has 6 nitrogen and oxygen atoms in total. The zero-order chi connectivity index (χ0) is 17.7. The molecule has 0 aliphatic carbocycles. The molecular formula is C15H42N3O3+3. The first-order valence-electron chi connectivity index (χ1n) is 7.42. The third kappa shape index (κ3) is 45.1. The maximum absolute atomic E-state index is 8.53. The Morgan fingerprint density at radius 3 is 0.857 bits per heavy atom. The molecule has 0 aromatic carbocycles. The van der Waals surface area contributed by atoms with Gasteiger partial charge >= 0.3 is 0 Å². The van der Waals surface area contributed by atoms with Crippen molar-refractivity contribution in [3.8, 4) is 0 Å². The van der Waals surface area contributed by atoms with Gasteiger partial charge in [-0.1, -0.05) is 0 Å². The summed E-state index contributed by atoms with van der Waals surface area (Å²) in [5, 5.41) is 25.4. The molecule has 6 heteroatoms. The molecule has 0 heterocycles. The largest absolute Gasteiger partial charge is 0.391 e. The molecule has 21 heavy (non-hydrogen) atoms. The van der Waals surface area contributed by atoms with Gasteiger partial charge in [-0.2, -0.15) is 0 Å². The Balaban J connectivity index is -0.000000242. The van der Waals surface area contributed by atoms with Gasteiger partial charge in [0.05, 0.1) is 83.2 Å². The second-order valence-electron chi connectivity index (χ2n) is 8.25. The van der Waals surface area contributed by atoms with Crippen LogP contribution in [0.25, 0.3) is 0 Å². The Morgan fingerprint density at radius 1 is 0.524 bits per heavy atom. The lowest BCUT2D eigenvalue weighted by Crippen LogP contribution is -2.43. The normalized spacial score (nSPS) is 12.0. The van der Waals surface area contributed by atoms with Crippen molar-refractivity contribution >= 4 is 0 Å². The van der Waals surface area contributed by atoms with E-state index >= 15 is 0 Å². The number of hydrogen-bond donors (Lipinski definition) is 3. The molecule has 132 valence electrons. The Kier molecular flexibility index (Phi) is 15.1. The lowest BCUT2D eigenvalue weighted by molar-refractivity contribution is -0.890. The van der Waals surface area contributed by atoms with Crippen molar-refractivity contribution in [2.75, 3.05) is 103 Å². The van der Waals surface area contributed by atoms with Crippen molar-refractivity contribution in [3.63, 3.8) is 0 Å². The van der Waals surface area contributed by atoms with E-state index in [4.69, 9.17) is 15.3 Å². The van der Waals surface area contributed by atoms with E-state index in [9.17, 15) is 0 Å². The quantitative estimate of drug-likeness (QED) is 0.555. The lowest BCUT2D eigenvalue weighted by atomic mass is 10.4. The summed E-state index contributed by atoms with van der Waals surface area (Å²) in [4.78, 5) is 0. The number of rotatable bonds is 6. The highest BCUT2D eigenvalue weighted by molar-refractivity contribution is 4.29. The van der Waals surface area contributed by atoms with Gasteiger partial charge in [0, 0.05) is 0 Å². The molecule has 0 fully saturated rings. The van der Waals surface area contributed by atoms with Crippen molar-refractivity contribution in [2.45, 2.75) is 0 Å². The second-order valence-corrected chi connectivity index (χ2v) is 8.25. The summed E-state index contributed by atoms with van der Waals surface area (Å²) in [5.41, 5.74) is 0. The Bertz CT molecular complexity index is 207. The first-order valence-corrected chi connectivity index (χ1v) is 7.42. The molecule has 0 unspecified atom stereocenters. The van der Waals surface area contributed by atoms with Gasteiger partial charge in [0.15, 0.2) is 0 Å². The minimum Gasteiger partial charge on any atom is -0.391 e. The summed E-state index contributed by atoms with van der Waals surface area (Å²) in [6.07, 6.45) is 0. The summed E-state index contributed by atoms with van der Waals surface area (Å²) in [6, 6.07) is 0. The highest BCUT2D eigenvalue weighted by Crippen LogP contribution is 1.92. The second kappa shape index (κ2) is 12.3. The van der Waals surface area contributed by atoms with E-state index in [1.807, 2.05) is 14.1 Å². The fourth-order valence-corrected chi connectivity index (χ4v) is 0.953. The highest BCUT2D eigenvalue weighted by Gasteiger charge is 2.11. The smallest absolute Gasteiger partial charge is 0.102 e. The maximum atomic E-state index is 8.53. The van der Waals surface area contributed by atoms with Gasteiger partial charge in [0.2, 0.25) is 0 Å². The van der Waals surface area contributed by atoms with E-state index in [2.05, 4.69) is 49.3 Å². The molecule has 0 atom stereocenters. The molecule has 0 aliphatic heterocycles. The van der Waals surface area contributed by atoms with Crippen LogP contribution in [0.5, 0.6) is 0 Å². The molecular weight excluding hydrogens is 270 g/mol. The van der Waals surface area contributed by atoms with Crippen LogP contribution in [0.1, 0.15) is 0 Å². The van der Waals surface area contributed by atoms with E-state index in [-0.39, 0.29) is 19.8 Å². The Labute approximate surface area is 132 Å². The van der Waals surface area contributed by atoms with Crippen LogP contribution in [0.3, 0.4) is 0 Å². The predicted molar refractivity (Wildman–Crippen MR) is 90.0 cm³/mol. The monoisotopic (exact) mass is 312 g/mol. The summed E-state index contributed by atoms with van der Waals surface area (Å²) in [7, 11) is 18.6. The number of likely N-dealkylation sites (N-methyl/N-ethyl adjacent to an activating group) is 2. The fourth-order valence-electron chi connectivity index (χ4n) is 0.953. The molecule has 0 amide bonds. The van der Waals surface area contributed by atoms with Crippen LogP contribution in [0.2, 0.25) is 0 Å². The van der Waals surface area contributed by atoms with Crippen molar-refractivity contribution in [2.24, 2.45) is 0 Å². The van der Waals surface area contributed by atoms with E-state index in [0.29, 0.717) is 17.6 Å². The van der Waals surface area contributed by atoms with Crippen LogP contribution in [0.15, 0.2) is 0 Å². The van der Waals surface area contributed by atoms with E-state index in [1.54, 1.807) is 0 Å². The Hall–Kier alpha value is -0.240. The Morgan fingerprint density at radius 2 is 0.762 bits per heavy atom. The van der Waals surface area contributed by atoms with Crippen LogP contribution in [-0.2, 0) is 0 Å². The van der Waals surface area contributed by atoms with E-state index < -0.39 is 0 Å². The minimum atomic E-state index is 0.188. The third-order valence-corrected chi connectivity index (χ3v) is 2.18. The molecule has 0 saturated heterocycles. The fraction of sp³-hybridized carbons (Fsp3) is 1.00. The maximum Gasteiger partial charge on any atom is 0.102 e. The average Bonchev–Trinajstić information content (AvgIpc) is 2.12. The summed E-state index contributed by atoms with van der Waals surface area (Å²) in [5.74, 6) is 0. The number of nitrogens with zero attached hydrogens (tertiary/aromatic N) is 3. The molecule has 0 radical (unpaired) electrons. The van der Waals surface area contributed by atoms with Gasteiger partial charge in [0.1, 0.15) is 19.6 Å². The van der Waals surface area contributed by atoms with Crippen molar-refractivity contribution in [1.82, 2.24) is 0 Å².